The van der Waals surface area contributed by atoms with Crippen LogP contribution in [0.4, 0.5) is 0 Å². The summed E-state index contributed by atoms with van der Waals surface area (Å²) in [4.78, 5) is 22.8. The summed E-state index contributed by atoms with van der Waals surface area (Å²) >= 11 is 0. The number of carbonyl (C=O) groups is 1. The molecule has 4 aliphatic heterocycles. The molecule has 12 rings (SSSR count). The third-order valence-electron chi connectivity index (χ3n) is 27.8. The van der Waals surface area contributed by atoms with Gasteiger partial charge in [-0.3, -0.25) is 25.2 Å². The number of H-pyrrole nitrogens is 4. The fourth-order valence-corrected chi connectivity index (χ4v) is 21.7. The monoisotopic (exact) mass is 1650 g/mol. The maximum absolute atomic E-state index is 13.2. The lowest BCUT2D eigenvalue weighted by Crippen LogP contribution is -2.50. The molecule has 8 fully saturated rings. The summed E-state index contributed by atoms with van der Waals surface area (Å²) in [5.74, 6) is 3.83. The Morgan fingerprint density at radius 2 is 0.763 bits per heavy atom. The molecule has 0 radical (unpaired) electrons. The van der Waals surface area contributed by atoms with Crippen LogP contribution >= 0.6 is 0 Å². The molecule has 8 aliphatic rings. The van der Waals surface area contributed by atoms with Gasteiger partial charge in [0.2, 0.25) is 5.91 Å². The van der Waals surface area contributed by atoms with Crippen LogP contribution in [0, 0.1) is 51.2 Å². The van der Waals surface area contributed by atoms with E-state index in [9.17, 15) is 4.79 Å². The molecule has 1 amide bonds. The summed E-state index contributed by atoms with van der Waals surface area (Å²) in [6, 6.07) is 0. The lowest BCUT2D eigenvalue weighted by Gasteiger charge is -2.44. The first kappa shape index (κ1) is 97.6. The van der Waals surface area contributed by atoms with Gasteiger partial charge in [0.25, 0.3) is 0 Å². The van der Waals surface area contributed by atoms with Crippen LogP contribution in [0.25, 0.3) is 0 Å². The molecule has 0 bridgehead atoms. The molecule has 4 aromatic heterocycles. The number of carbonyl (C=O) groups excluding carboxylic acids is 1. The highest BCUT2D eigenvalue weighted by Gasteiger charge is 2.58. The highest BCUT2D eigenvalue weighted by molar-refractivity contribution is 5.80. The second-order valence-corrected chi connectivity index (χ2v) is 41.9. The Labute approximate surface area is 715 Å². The average Bonchev–Trinajstić information content (AvgIpc) is 1.57. The standard InChI is InChI=1S/C25H45N3O2.C24H42N4O2.C24H43N3O3.C23H41N3O2/c1-7-8-11-28(6)14-21-13-26-27-23(21)20-9-10-25(17-24(4,5)18-30-25)22(12-20)16-29-15-19(2)3;1-6-8-12-28(5)15-19-14-26-27-21(19)18-9-10-24(16-23(3,4)17-30-24)20(13-18)22(29)25-11-7-2;1-6-7-10-27(4)15-20-14-25-26-22(20)19-8-9-24(17-23(2,3)18-30-24)21(13-19)16-29-12-11-28-5;1-6-8-11-26(5)14-19-13-24-25-21(19)18-9-10-23(16-22(3,4)17-28-23)20(12-18)15-27-7-2/h13,19-20,22H,7-12,14-18H2,1-6H3,(H,26,27);14,18,20H,6-13,15-17H2,1-5H3,(H,25,29)(H,26,27);14,19,21H,6-13,15-18H2,1-5H3,(H,25,26);13,18,20H,6-12,14-17H2,1-5H3,(H,24,25)/t20-,22?,25-;18-,20?,24-;19-,21?,24-;18-,20?,23-/m1111/s1. The molecule has 0 aromatic carbocycles. The van der Waals surface area contributed by atoms with Gasteiger partial charge in [0.15, 0.2) is 0 Å². The molecular formula is C96H171N13O9. The molecule has 22 heteroatoms. The minimum absolute atomic E-state index is 0.00488. The average molecular weight is 1650 g/mol. The smallest absolute Gasteiger partial charge is 0.226 e. The number of hydrogen-bond acceptors (Lipinski definition) is 17. The predicted octanol–water partition coefficient (Wildman–Crippen LogP) is 18.7. The van der Waals surface area contributed by atoms with Crippen molar-refractivity contribution in [3.63, 3.8) is 0 Å². The quantitative estimate of drug-likeness (QED) is 0.0262. The summed E-state index contributed by atoms with van der Waals surface area (Å²) in [6.45, 7) is 53.8. The molecule has 4 saturated heterocycles. The zero-order chi connectivity index (χ0) is 85.4. The normalized spacial score (nSPS) is 28.9. The van der Waals surface area contributed by atoms with Crippen molar-refractivity contribution >= 4 is 5.91 Å². The van der Waals surface area contributed by atoms with Crippen molar-refractivity contribution in [2.45, 2.75) is 344 Å². The molecule has 5 N–H and O–H groups in total. The molecule has 118 heavy (non-hydrogen) atoms. The summed E-state index contributed by atoms with van der Waals surface area (Å²) in [5.41, 5.74) is 11.2. The van der Waals surface area contributed by atoms with Crippen LogP contribution in [0.2, 0.25) is 0 Å². The fourth-order valence-electron chi connectivity index (χ4n) is 21.7. The molecule has 4 aromatic rings. The molecular weight excluding hydrogens is 1480 g/mol. The van der Waals surface area contributed by atoms with Crippen LogP contribution in [-0.2, 0) is 68.9 Å². The van der Waals surface area contributed by atoms with Crippen molar-refractivity contribution < 1.29 is 42.7 Å². The van der Waals surface area contributed by atoms with Crippen molar-refractivity contribution in [1.82, 2.24) is 65.7 Å². The van der Waals surface area contributed by atoms with Crippen LogP contribution in [0.1, 0.15) is 340 Å². The Kier molecular flexibility index (Phi) is 37.8. The van der Waals surface area contributed by atoms with Crippen molar-refractivity contribution in [2.24, 2.45) is 51.2 Å². The van der Waals surface area contributed by atoms with Gasteiger partial charge in [-0.25, -0.2) is 0 Å². The van der Waals surface area contributed by atoms with Gasteiger partial charge >= 0.3 is 0 Å². The zero-order valence-corrected chi connectivity index (χ0v) is 78.6. The second-order valence-electron chi connectivity index (χ2n) is 41.9. The number of aromatic amines is 4. The van der Waals surface area contributed by atoms with Crippen LogP contribution in [0.3, 0.4) is 0 Å². The maximum Gasteiger partial charge on any atom is 0.226 e. The van der Waals surface area contributed by atoms with Gasteiger partial charge in [0.05, 0.1) is 113 Å². The fraction of sp³-hybridized carbons (Fsp3) is 0.865. The number of rotatable bonds is 39. The van der Waals surface area contributed by atoms with E-state index < -0.39 is 0 Å². The number of hydrogen-bond donors (Lipinski definition) is 5. The van der Waals surface area contributed by atoms with Crippen molar-refractivity contribution in [2.75, 3.05) is 141 Å². The molecule has 4 saturated carbocycles. The van der Waals surface area contributed by atoms with E-state index in [1.54, 1.807) is 7.11 Å². The van der Waals surface area contributed by atoms with E-state index in [-0.39, 0.29) is 55.9 Å². The van der Waals surface area contributed by atoms with Gasteiger partial charge in [-0.05, 0) is 224 Å². The van der Waals surface area contributed by atoms with Crippen molar-refractivity contribution in [1.29, 1.82) is 0 Å². The van der Waals surface area contributed by atoms with Gasteiger partial charge in [-0.15, -0.1) is 0 Å². The first-order chi connectivity index (χ1) is 56.3. The summed E-state index contributed by atoms with van der Waals surface area (Å²) in [7, 11) is 10.6. The largest absolute Gasteiger partial charge is 0.382 e. The lowest BCUT2D eigenvalue weighted by atomic mass is 9.65. The van der Waals surface area contributed by atoms with Crippen LogP contribution < -0.4 is 5.32 Å². The van der Waals surface area contributed by atoms with Crippen LogP contribution in [0.15, 0.2) is 24.8 Å². The van der Waals surface area contributed by atoms with E-state index in [1.165, 1.54) is 109 Å². The van der Waals surface area contributed by atoms with Gasteiger partial charge in [0.1, 0.15) is 0 Å². The second kappa shape index (κ2) is 45.6. The Bertz CT molecular complexity index is 3510. The van der Waals surface area contributed by atoms with E-state index in [0.29, 0.717) is 60.6 Å². The highest BCUT2D eigenvalue weighted by atomic mass is 16.5. The van der Waals surface area contributed by atoms with Crippen LogP contribution in [0.5, 0.6) is 0 Å². The van der Waals surface area contributed by atoms with E-state index in [4.69, 9.17) is 37.9 Å². The Morgan fingerprint density at radius 1 is 0.449 bits per heavy atom. The predicted molar refractivity (Wildman–Crippen MR) is 476 cm³/mol. The number of methoxy groups -OCH3 is 1. The third kappa shape index (κ3) is 27.4. The van der Waals surface area contributed by atoms with Crippen LogP contribution in [-0.4, -0.2) is 229 Å². The number of aromatic nitrogens is 8. The number of amides is 1. The highest BCUT2D eigenvalue weighted by Crippen LogP contribution is 2.58. The molecule has 12 atom stereocenters. The van der Waals surface area contributed by atoms with E-state index in [1.807, 2.05) is 24.8 Å². The number of nitrogens with one attached hydrogen (secondary N) is 5. The van der Waals surface area contributed by atoms with Gasteiger partial charge in [-0.1, -0.05) is 130 Å². The summed E-state index contributed by atoms with van der Waals surface area (Å²) in [6.07, 6.45) is 36.3. The molecule has 4 unspecified atom stereocenters. The number of nitrogens with zero attached hydrogens (tertiary/aromatic N) is 8. The minimum Gasteiger partial charge on any atom is -0.382 e. The third-order valence-corrected chi connectivity index (χ3v) is 27.8. The van der Waals surface area contributed by atoms with Gasteiger partial charge in [-0.2, -0.15) is 20.4 Å². The number of unbranched alkanes of at least 4 members (excludes halogenated alkanes) is 4. The first-order valence-corrected chi connectivity index (χ1v) is 47.2. The topological polar surface area (TPSA) is 231 Å². The van der Waals surface area contributed by atoms with Crippen molar-refractivity contribution in [3.05, 3.63) is 69.8 Å². The molecule has 4 spiro atoms. The summed E-state index contributed by atoms with van der Waals surface area (Å²) < 4.78 is 49.3. The van der Waals surface area contributed by atoms with Gasteiger partial charge in [0, 0.05) is 140 Å². The Balaban J connectivity index is 0.000000179. The Morgan fingerprint density at radius 3 is 1.06 bits per heavy atom. The summed E-state index contributed by atoms with van der Waals surface area (Å²) in [5, 5.41) is 34.2. The SMILES string of the molecule is CCCCN(C)Cc1cn[nH]c1[C@@H]1CC[C@@]2(CC(C)(C)CO2)C(C(=O)NCCC)C1.CCCCN(C)Cc1cn[nH]c1[C@@H]1CC[C@@]2(CC(C)(C)CO2)C(COCC(C)C)C1.CCCCN(C)Cc1cn[nH]c1[C@@H]1CC[C@@]2(CC(C)(C)CO2)C(COCC)C1.CCCCN(C)Cc1cn[nH]c1[C@@H]1CC[C@@]2(CC(C)(C)CO2)C(COCCOC)C1. The van der Waals surface area contributed by atoms with E-state index >= 15 is 0 Å². The lowest BCUT2D eigenvalue weighted by molar-refractivity contribution is -0.141. The first-order valence-electron chi connectivity index (χ1n) is 47.2. The van der Waals surface area contributed by atoms with E-state index in [2.05, 4.69) is 205 Å². The molecule has 22 nitrogen and oxygen atoms in total. The molecule has 674 valence electrons. The number of ether oxygens (including phenoxy) is 8. The minimum atomic E-state index is -0.310. The van der Waals surface area contributed by atoms with Gasteiger partial charge < -0.3 is 62.8 Å². The zero-order valence-electron chi connectivity index (χ0n) is 78.6. The maximum atomic E-state index is 13.2. The van der Waals surface area contributed by atoms with Crippen molar-refractivity contribution in [3.8, 4) is 0 Å². The Hall–Kier alpha value is -4.17. The molecule has 4 aliphatic carbocycles. The molecule has 8 heterocycles. The van der Waals surface area contributed by atoms with E-state index in [0.717, 1.165) is 215 Å².